The molecule has 1 saturated heterocycles. The van der Waals surface area contributed by atoms with Crippen molar-refractivity contribution in [2.45, 2.75) is 25.8 Å². The van der Waals surface area contributed by atoms with Crippen LogP contribution in [0, 0.1) is 5.92 Å². The Kier molecular flexibility index (Phi) is 5.14. The van der Waals surface area contributed by atoms with Gasteiger partial charge in [-0.3, -0.25) is 9.59 Å². The van der Waals surface area contributed by atoms with Crippen LogP contribution in [-0.2, 0) is 4.79 Å². The number of nitrogens with one attached hydrogen (secondary N) is 1. The highest BCUT2D eigenvalue weighted by atomic mass is 32.1. The van der Waals surface area contributed by atoms with E-state index in [0.29, 0.717) is 31.0 Å². The zero-order valence-corrected chi connectivity index (χ0v) is 12.5. The second-order valence-electron chi connectivity index (χ2n) is 5.25. The van der Waals surface area contributed by atoms with Crippen LogP contribution in [0.15, 0.2) is 16.8 Å². The smallest absolute Gasteiger partial charge is 0.252 e. The minimum Gasteiger partial charge on any atom is -0.351 e. The molecule has 0 radical (unpaired) electrons. The SMILES string of the molecule is CC1CC(CN)CN1C(=O)CCNC(=O)c1ccsc1. The number of amides is 2. The van der Waals surface area contributed by atoms with Crippen LogP contribution in [0.4, 0.5) is 0 Å². The van der Waals surface area contributed by atoms with Gasteiger partial charge in [0, 0.05) is 36.5 Å². The van der Waals surface area contributed by atoms with Crippen LogP contribution in [0.1, 0.15) is 30.1 Å². The van der Waals surface area contributed by atoms with Crippen LogP contribution in [0.25, 0.3) is 0 Å². The van der Waals surface area contributed by atoms with E-state index in [4.69, 9.17) is 5.73 Å². The number of hydrogen-bond acceptors (Lipinski definition) is 4. The Morgan fingerprint density at radius 3 is 2.95 bits per heavy atom. The number of carbonyl (C=O) groups excluding carboxylic acids is 2. The number of nitrogens with two attached hydrogens (primary N) is 1. The molecule has 1 aliphatic heterocycles. The van der Waals surface area contributed by atoms with Gasteiger partial charge in [0.25, 0.3) is 5.91 Å². The number of likely N-dealkylation sites (tertiary alicyclic amines) is 1. The quantitative estimate of drug-likeness (QED) is 0.853. The van der Waals surface area contributed by atoms with E-state index in [-0.39, 0.29) is 17.9 Å². The van der Waals surface area contributed by atoms with E-state index in [1.54, 1.807) is 11.4 Å². The zero-order valence-electron chi connectivity index (χ0n) is 11.7. The molecule has 1 aliphatic rings. The molecule has 0 aromatic carbocycles. The molecule has 2 atom stereocenters. The predicted octanol–water partition coefficient (Wildman–Crippen LogP) is 1.06. The van der Waals surface area contributed by atoms with Crippen molar-refractivity contribution >= 4 is 23.2 Å². The van der Waals surface area contributed by atoms with Crippen LogP contribution >= 0.6 is 11.3 Å². The maximum absolute atomic E-state index is 12.1. The number of hydrogen-bond donors (Lipinski definition) is 2. The lowest BCUT2D eigenvalue weighted by Crippen LogP contribution is -2.37. The summed E-state index contributed by atoms with van der Waals surface area (Å²) < 4.78 is 0. The molecule has 0 spiro atoms. The lowest BCUT2D eigenvalue weighted by molar-refractivity contribution is -0.131. The van der Waals surface area contributed by atoms with Crippen molar-refractivity contribution in [3.8, 4) is 0 Å². The Bertz CT molecular complexity index is 461. The van der Waals surface area contributed by atoms with Crippen LogP contribution in [-0.4, -0.2) is 42.4 Å². The van der Waals surface area contributed by atoms with E-state index < -0.39 is 0 Å². The van der Waals surface area contributed by atoms with Crippen LogP contribution in [0.2, 0.25) is 0 Å². The predicted molar refractivity (Wildman–Crippen MR) is 79.6 cm³/mol. The van der Waals surface area contributed by atoms with Gasteiger partial charge in [0.15, 0.2) is 0 Å². The molecular formula is C14H21N3O2S. The molecule has 2 rings (SSSR count). The molecule has 2 unspecified atom stereocenters. The van der Waals surface area contributed by atoms with Gasteiger partial charge in [0.1, 0.15) is 0 Å². The molecule has 0 aliphatic carbocycles. The second-order valence-corrected chi connectivity index (χ2v) is 6.03. The Balaban J connectivity index is 1.74. The van der Waals surface area contributed by atoms with Gasteiger partial charge < -0.3 is 16.0 Å². The Morgan fingerprint density at radius 2 is 2.35 bits per heavy atom. The zero-order chi connectivity index (χ0) is 14.5. The summed E-state index contributed by atoms with van der Waals surface area (Å²) in [5, 5.41) is 6.43. The van der Waals surface area contributed by atoms with Crippen molar-refractivity contribution in [3.05, 3.63) is 22.4 Å². The normalized spacial score (nSPS) is 22.0. The summed E-state index contributed by atoms with van der Waals surface area (Å²) in [4.78, 5) is 25.7. The molecule has 2 heterocycles. The Labute approximate surface area is 123 Å². The lowest BCUT2D eigenvalue weighted by Gasteiger charge is -2.21. The molecule has 1 aromatic heterocycles. The Morgan fingerprint density at radius 1 is 1.55 bits per heavy atom. The van der Waals surface area contributed by atoms with E-state index in [1.165, 1.54) is 11.3 Å². The molecule has 2 amide bonds. The number of nitrogens with zero attached hydrogens (tertiary/aromatic N) is 1. The molecule has 0 saturated carbocycles. The molecule has 1 fully saturated rings. The van der Waals surface area contributed by atoms with Crippen molar-refractivity contribution in [2.75, 3.05) is 19.6 Å². The first kappa shape index (κ1) is 15.0. The van der Waals surface area contributed by atoms with Crippen molar-refractivity contribution in [1.29, 1.82) is 0 Å². The number of carbonyl (C=O) groups is 2. The summed E-state index contributed by atoms with van der Waals surface area (Å²) in [5.74, 6) is 0.391. The summed E-state index contributed by atoms with van der Waals surface area (Å²) in [7, 11) is 0. The third kappa shape index (κ3) is 3.58. The summed E-state index contributed by atoms with van der Waals surface area (Å²) in [5.41, 5.74) is 6.31. The minimum absolute atomic E-state index is 0.0964. The highest BCUT2D eigenvalue weighted by Crippen LogP contribution is 2.22. The van der Waals surface area contributed by atoms with Gasteiger partial charge in [-0.15, -0.1) is 0 Å². The average Bonchev–Trinajstić information content (AvgIpc) is 3.07. The molecule has 1 aromatic rings. The van der Waals surface area contributed by atoms with Gasteiger partial charge in [0.2, 0.25) is 5.91 Å². The average molecular weight is 295 g/mol. The molecule has 0 bridgehead atoms. The van der Waals surface area contributed by atoms with Crippen molar-refractivity contribution < 1.29 is 9.59 Å². The standard InChI is InChI=1S/C14H21N3O2S/c1-10-6-11(7-15)8-17(10)13(18)2-4-16-14(19)12-3-5-20-9-12/h3,5,9-11H,2,4,6-8,15H2,1H3,(H,16,19). The summed E-state index contributed by atoms with van der Waals surface area (Å²) in [6.07, 6.45) is 1.32. The molecule has 5 nitrogen and oxygen atoms in total. The van der Waals surface area contributed by atoms with Gasteiger partial charge in [-0.05, 0) is 37.3 Å². The monoisotopic (exact) mass is 295 g/mol. The highest BCUT2D eigenvalue weighted by Gasteiger charge is 2.31. The van der Waals surface area contributed by atoms with Gasteiger partial charge in [-0.2, -0.15) is 11.3 Å². The van der Waals surface area contributed by atoms with E-state index in [9.17, 15) is 9.59 Å². The maximum Gasteiger partial charge on any atom is 0.252 e. The molecule has 6 heteroatoms. The van der Waals surface area contributed by atoms with Gasteiger partial charge in [-0.25, -0.2) is 0 Å². The highest BCUT2D eigenvalue weighted by molar-refractivity contribution is 7.08. The maximum atomic E-state index is 12.1. The third-order valence-corrected chi connectivity index (χ3v) is 4.41. The summed E-state index contributed by atoms with van der Waals surface area (Å²) in [6, 6.07) is 2.03. The molecule has 20 heavy (non-hydrogen) atoms. The molecule has 110 valence electrons. The first-order chi connectivity index (χ1) is 9.61. The lowest BCUT2D eigenvalue weighted by atomic mass is 10.1. The van der Waals surface area contributed by atoms with E-state index in [0.717, 1.165) is 13.0 Å². The van der Waals surface area contributed by atoms with Gasteiger partial charge >= 0.3 is 0 Å². The second kappa shape index (κ2) is 6.85. The van der Waals surface area contributed by atoms with Crippen LogP contribution < -0.4 is 11.1 Å². The fourth-order valence-electron chi connectivity index (χ4n) is 2.58. The first-order valence-electron chi connectivity index (χ1n) is 6.91. The van der Waals surface area contributed by atoms with Gasteiger partial charge in [0.05, 0.1) is 0 Å². The number of rotatable bonds is 5. The molecular weight excluding hydrogens is 274 g/mol. The minimum atomic E-state index is -0.117. The van der Waals surface area contributed by atoms with Gasteiger partial charge in [-0.1, -0.05) is 0 Å². The van der Waals surface area contributed by atoms with Crippen molar-refractivity contribution in [2.24, 2.45) is 11.7 Å². The third-order valence-electron chi connectivity index (χ3n) is 3.72. The summed E-state index contributed by atoms with van der Waals surface area (Å²) in [6.45, 7) is 3.81. The van der Waals surface area contributed by atoms with Crippen LogP contribution in [0.5, 0.6) is 0 Å². The van der Waals surface area contributed by atoms with Crippen molar-refractivity contribution in [1.82, 2.24) is 10.2 Å². The number of thiophene rings is 1. The van der Waals surface area contributed by atoms with Crippen LogP contribution in [0.3, 0.4) is 0 Å². The fourth-order valence-corrected chi connectivity index (χ4v) is 3.22. The largest absolute Gasteiger partial charge is 0.351 e. The Hall–Kier alpha value is -1.40. The summed E-state index contributed by atoms with van der Waals surface area (Å²) >= 11 is 1.48. The van der Waals surface area contributed by atoms with E-state index >= 15 is 0 Å². The fraction of sp³-hybridized carbons (Fsp3) is 0.571. The van der Waals surface area contributed by atoms with E-state index in [1.807, 2.05) is 10.3 Å². The van der Waals surface area contributed by atoms with Crippen molar-refractivity contribution in [3.63, 3.8) is 0 Å². The van der Waals surface area contributed by atoms with E-state index in [2.05, 4.69) is 12.2 Å². The topological polar surface area (TPSA) is 75.4 Å². The first-order valence-corrected chi connectivity index (χ1v) is 7.86. The molecule has 3 N–H and O–H groups in total.